The van der Waals surface area contributed by atoms with E-state index in [1.54, 1.807) is 0 Å². The van der Waals surface area contributed by atoms with E-state index in [1.165, 1.54) is 49.8 Å². The number of hydrogen-bond donors (Lipinski definition) is 1. The van der Waals surface area contributed by atoms with Crippen molar-refractivity contribution in [1.29, 1.82) is 0 Å². The first kappa shape index (κ1) is 10.3. The molecule has 1 aromatic heterocycles. The largest absolute Gasteiger partial charge is 0.325 e. The highest BCUT2D eigenvalue weighted by atomic mass is 14.8. The van der Waals surface area contributed by atoms with Crippen LogP contribution < -0.4 is 5.73 Å². The van der Waals surface area contributed by atoms with Crippen LogP contribution in [0.25, 0.3) is 0 Å². The van der Waals surface area contributed by atoms with Crippen molar-refractivity contribution in [3.8, 4) is 0 Å². The quantitative estimate of drug-likeness (QED) is 0.784. The van der Waals surface area contributed by atoms with E-state index in [-0.39, 0.29) is 5.54 Å². The normalized spacial score (nSPS) is 37.6. The molecule has 3 aliphatic rings. The van der Waals surface area contributed by atoms with Gasteiger partial charge >= 0.3 is 0 Å². The van der Waals surface area contributed by atoms with Crippen molar-refractivity contribution in [3.63, 3.8) is 0 Å². The first-order valence-electron chi connectivity index (χ1n) is 6.34. The number of nitrogens with zero attached hydrogens (tertiary/aromatic N) is 1. The molecule has 1 aromatic rings. The maximum absolute atomic E-state index is 6.34. The molecule has 0 saturated heterocycles. The van der Waals surface area contributed by atoms with Gasteiger partial charge in [-0.15, -0.1) is 0 Å². The molecule has 3 aliphatic carbocycles. The fourth-order valence-corrected chi connectivity index (χ4v) is 3.38. The highest BCUT2D eigenvalue weighted by Gasteiger charge is 2.48. The number of rotatable bonds is 1. The second kappa shape index (κ2) is 3.30. The SMILES string of the molecule is Cc1ccc(C23CCC(N)(CC2)CC3)nc1. The van der Waals surface area contributed by atoms with Crippen molar-refractivity contribution in [2.75, 3.05) is 0 Å². The van der Waals surface area contributed by atoms with Crippen LogP contribution in [0.3, 0.4) is 0 Å². The Morgan fingerprint density at radius 1 is 1.06 bits per heavy atom. The van der Waals surface area contributed by atoms with Crippen LogP contribution in [0.1, 0.15) is 49.8 Å². The van der Waals surface area contributed by atoms with E-state index in [0.717, 1.165) is 0 Å². The lowest BCUT2D eigenvalue weighted by atomic mass is 9.56. The van der Waals surface area contributed by atoms with Gasteiger partial charge in [0.2, 0.25) is 0 Å². The Bertz CT molecular complexity index is 369. The van der Waals surface area contributed by atoms with Crippen LogP contribution in [-0.4, -0.2) is 10.5 Å². The molecule has 1 heterocycles. The van der Waals surface area contributed by atoms with Gasteiger partial charge in [-0.1, -0.05) is 6.07 Å². The van der Waals surface area contributed by atoms with Crippen LogP contribution >= 0.6 is 0 Å². The number of aryl methyl sites for hydroxylation is 1. The summed E-state index contributed by atoms with van der Waals surface area (Å²) >= 11 is 0. The summed E-state index contributed by atoms with van der Waals surface area (Å²) in [6, 6.07) is 4.42. The van der Waals surface area contributed by atoms with Crippen LogP contribution in [-0.2, 0) is 5.41 Å². The maximum atomic E-state index is 6.34. The predicted octanol–water partition coefficient (Wildman–Crippen LogP) is 2.69. The Morgan fingerprint density at radius 2 is 1.69 bits per heavy atom. The summed E-state index contributed by atoms with van der Waals surface area (Å²) in [5.74, 6) is 0. The van der Waals surface area contributed by atoms with Crippen molar-refractivity contribution < 1.29 is 0 Å². The number of hydrogen-bond acceptors (Lipinski definition) is 2. The van der Waals surface area contributed by atoms with Gasteiger partial charge in [0, 0.05) is 22.8 Å². The molecular weight excluding hydrogens is 196 g/mol. The molecular formula is C14H20N2. The van der Waals surface area contributed by atoms with E-state index in [0.29, 0.717) is 5.41 Å². The van der Waals surface area contributed by atoms with Crippen LogP contribution in [0.5, 0.6) is 0 Å². The van der Waals surface area contributed by atoms with Crippen molar-refractivity contribution in [1.82, 2.24) is 4.98 Å². The van der Waals surface area contributed by atoms with Crippen molar-refractivity contribution in [2.45, 2.75) is 56.4 Å². The second-order valence-corrected chi connectivity index (χ2v) is 5.86. The van der Waals surface area contributed by atoms with E-state index in [4.69, 9.17) is 5.73 Å². The standard InChI is InChI=1S/C14H20N2/c1-11-2-3-12(16-10-11)13-4-7-14(15,8-5-13)9-6-13/h2-3,10H,4-9,15H2,1H3. The molecule has 16 heavy (non-hydrogen) atoms. The van der Waals surface area contributed by atoms with E-state index in [9.17, 15) is 0 Å². The van der Waals surface area contributed by atoms with Crippen molar-refractivity contribution >= 4 is 0 Å². The summed E-state index contributed by atoms with van der Waals surface area (Å²) < 4.78 is 0. The van der Waals surface area contributed by atoms with Gasteiger partial charge in [-0.25, -0.2) is 0 Å². The molecule has 0 spiro atoms. The van der Waals surface area contributed by atoms with Crippen molar-refractivity contribution in [2.24, 2.45) is 5.73 Å². The third kappa shape index (κ3) is 1.47. The third-order valence-corrected chi connectivity index (χ3v) is 4.76. The number of aromatic nitrogens is 1. The fourth-order valence-electron chi connectivity index (χ4n) is 3.38. The Morgan fingerprint density at radius 3 is 2.19 bits per heavy atom. The summed E-state index contributed by atoms with van der Waals surface area (Å²) in [7, 11) is 0. The Labute approximate surface area is 97.3 Å². The Kier molecular flexibility index (Phi) is 2.12. The van der Waals surface area contributed by atoms with Crippen molar-refractivity contribution in [3.05, 3.63) is 29.6 Å². The number of pyridine rings is 1. The summed E-state index contributed by atoms with van der Waals surface area (Å²) in [4.78, 5) is 4.65. The van der Waals surface area contributed by atoms with E-state index >= 15 is 0 Å². The average molecular weight is 216 g/mol. The molecule has 0 radical (unpaired) electrons. The molecule has 2 bridgehead atoms. The summed E-state index contributed by atoms with van der Waals surface area (Å²) in [5, 5.41) is 0. The van der Waals surface area contributed by atoms with Gasteiger partial charge in [0.15, 0.2) is 0 Å². The van der Waals surface area contributed by atoms with E-state index in [1.807, 2.05) is 6.20 Å². The molecule has 2 heteroatoms. The molecule has 0 aromatic carbocycles. The molecule has 0 aliphatic heterocycles. The van der Waals surface area contributed by atoms with Crippen LogP contribution in [0.15, 0.2) is 18.3 Å². The monoisotopic (exact) mass is 216 g/mol. The Balaban J connectivity index is 1.92. The molecule has 86 valence electrons. The van der Waals surface area contributed by atoms with Gasteiger partial charge < -0.3 is 5.73 Å². The zero-order chi connectivity index (χ0) is 11.2. The predicted molar refractivity (Wildman–Crippen MR) is 65.3 cm³/mol. The lowest BCUT2D eigenvalue weighted by molar-refractivity contribution is 0.104. The smallest absolute Gasteiger partial charge is 0.0465 e. The van der Waals surface area contributed by atoms with Gasteiger partial charge in [0.25, 0.3) is 0 Å². The lowest BCUT2D eigenvalue weighted by Crippen LogP contribution is -2.53. The minimum absolute atomic E-state index is 0.159. The van der Waals surface area contributed by atoms with Gasteiger partial charge in [-0.3, -0.25) is 4.98 Å². The van der Waals surface area contributed by atoms with E-state index in [2.05, 4.69) is 24.0 Å². The zero-order valence-corrected chi connectivity index (χ0v) is 10.00. The fraction of sp³-hybridized carbons (Fsp3) is 0.643. The molecule has 4 rings (SSSR count). The topological polar surface area (TPSA) is 38.9 Å². The number of fused-ring (bicyclic) bond motifs is 3. The Hall–Kier alpha value is -0.890. The van der Waals surface area contributed by atoms with E-state index < -0.39 is 0 Å². The molecule has 3 saturated carbocycles. The van der Waals surface area contributed by atoms with Crippen LogP contribution in [0.2, 0.25) is 0 Å². The summed E-state index contributed by atoms with van der Waals surface area (Å²) in [5.41, 5.74) is 9.41. The number of nitrogens with two attached hydrogens (primary N) is 1. The zero-order valence-electron chi connectivity index (χ0n) is 10.00. The summed E-state index contributed by atoms with van der Waals surface area (Å²) in [6.45, 7) is 2.10. The van der Waals surface area contributed by atoms with Gasteiger partial charge in [-0.05, 0) is 57.1 Å². The molecule has 2 N–H and O–H groups in total. The maximum Gasteiger partial charge on any atom is 0.0465 e. The first-order valence-corrected chi connectivity index (χ1v) is 6.34. The van der Waals surface area contributed by atoms with Gasteiger partial charge in [-0.2, -0.15) is 0 Å². The van der Waals surface area contributed by atoms with Gasteiger partial charge in [0.05, 0.1) is 0 Å². The third-order valence-electron chi connectivity index (χ3n) is 4.76. The molecule has 0 atom stereocenters. The molecule has 0 unspecified atom stereocenters. The van der Waals surface area contributed by atoms with Crippen LogP contribution in [0, 0.1) is 6.92 Å². The lowest BCUT2D eigenvalue weighted by Gasteiger charge is -2.51. The minimum Gasteiger partial charge on any atom is -0.325 e. The highest BCUT2D eigenvalue weighted by Crippen LogP contribution is 2.51. The first-order chi connectivity index (χ1) is 7.62. The minimum atomic E-state index is 0.159. The van der Waals surface area contributed by atoms with Gasteiger partial charge in [0.1, 0.15) is 0 Å². The summed E-state index contributed by atoms with van der Waals surface area (Å²) in [6.07, 6.45) is 9.26. The second-order valence-electron chi connectivity index (χ2n) is 5.86. The molecule has 2 nitrogen and oxygen atoms in total. The highest BCUT2D eigenvalue weighted by molar-refractivity contribution is 5.24. The average Bonchev–Trinajstić information content (AvgIpc) is 2.31. The molecule has 0 amide bonds. The van der Waals surface area contributed by atoms with Crippen LogP contribution in [0.4, 0.5) is 0 Å². The molecule has 3 fully saturated rings.